The number of hydrogen-bond acceptors (Lipinski definition) is 1. The van der Waals surface area contributed by atoms with Crippen LogP contribution in [0.1, 0.15) is 37.3 Å². The number of rotatable bonds is 1. The van der Waals surface area contributed by atoms with Crippen LogP contribution in [0.2, 0.25) is 0 Å². The van der Waals surface area contributed by atoms with Crippen LogP contribution in [0.4, 0.5) is 13.2 Å². The number of nitrogens with zero attached hydrogens (tertiary/aromatic N) is 1. The van der Waals surface area contributed by atoms with Gasteiger partial charge in [0.25, 0.3) is 0 Å². The third kappa shape index (κ3) is 2.44. The average molecular weight is 359 g/mol. The molecule has 0 saturated carbocycles. The molecule has 0 spiro atoms. The van der Waals surface area contributed by atoms with E-state index in [4.69, 9.17) is 0 Å². The highest BCUT2D eigenvalue weighted by molar-refractivity contribution is 5.78. The normalized spacial score (nSPS) is 25.0. The van der Waals surface area contributed by atoms with Crippen LogP contribution < -0.4 is 0 Å². The predicted octanol–water partition coefficient (Wildman–Crippen LogP) is 4.60. The number of amides is 1. The number of carbonyl (C=O) groups is 1. The summed E-state index contributed by atoms with van der Waals surface area (Å²) in [5.74, 6) is -2.55. The lowest BCUT2D eigenvalue weighted by Crippen LogP contribution is -2.56. The van der Waals surface area contributed by atoms with Gasteiger partial charge in [-0.3, -0.25) is 4.79 Å². The Morgan fingerprint density at radius 1 is 1.08 bits per heavy atom. The first-order chi connectivity index (χ1) is 12.3. The number of fused-ring (bicyclic) bond motifs is 3. The molecule has 0 aromatic heterocycles. The zero-order valence-corrected chi connectivity index (χ0v) is 14.8. The molecular formula is C21H20F3NO. The van der Waals surface area contributed by atoms with Crippen molar-refractivity contribution in [3.63, 3.8) is 0 Å². The summed E-state index contributed by atoms with van der Waals surface area (Å²) in [6, 6.07) is 6.98. The monoisotopic (exact) mass is 359 g/mol. The zero-order valence-electron chi connectivity index (χ0n) is 14.8. The third-order valence-corrected chi connectivity index (χ3v) is 6.16. The van der Waals surface area contributed by atoms with E-state index in [-0.39, 0.29) is 22.9 Å². The number of aryl methyl sites for hydroxylation is 1. The Balaban J connectivity index is 1.80. The number of hydrogen-bond donors (Lipinski definition) is 0. The van der Waals surface area contributed by atoms with Gasteiger partial charge in [-0.1, -0.05) is 25.1 Å². The highest BCUT2D eigenvalue weighted by Gasteiger charge is 2.46. The van der Waals surface area contributed by atoms with Gasteiger partial charge in [-0.25, -0.2) is 13.2 Å². The Labute approximate surface area is 150 Å². The summed E-state index contributed by atoms with van der Waals surface area (Å²) in [6.45, 7) is 2.16. The highest BCUT2D eigenvalue weighted by atomic mass is 19.1. The minimum Gasteiger partial charge on any atom is -0.342 e. The zero-order chi connectivity index (χ0) is 18.6. The molecule has 5 heteroatoms. The molecule has 26 heavy (non-hydrogen) atoms. The molecule has 0 unspecified atom stereocenters. The largest absolute Gasteiger partial charge is 0.342 e. The molecule has 0 bridgehead atoms. The Bertz CT molecular complexity index is 887. The van der Waals surface area contributed by atoms with E-state index in [0.717, 1.165) is 30.4 Å². The molecule has 1 heterocycles. The van der Waals surface area contributed by atoms with Crippen molar-refractivity contribution in [3.05, 3.63) is 58.9 Å². The second-order valence-electron chi connectivity index (χ2n) is 7.59. The van der Waals surface area contributed by atoms with Crippen molar-refractivity contribution in [1.82, 2.24) is 4.90 Å². The predicted molar refractivity (Wildman–Crippen MR) is 93.2 cm³/mol. The molecule has 2 aromatic carbocycles. The first kappa shape index (κ1) is 17.1. The maximum absolute atomic E-state index is 14.1. The van der Waals surface area contributed by atoms with Crippen molar-refractivity contribution in [2.24, 2.45) is 0 Å². The van der Waals surface area contributed by atoms with Gasteiger partial charge < -0.3 is 4.90 Å². The van der Waals surface area contributed by atoms with Crippen LogP contribution in [0.3, 0.4) is 0 Å². The third-order valence-electron chi connectivity index (χ3n) is 6.16. The Morgan fingerprint density at radius 3 is 2.46 bits per heavy atom. The van der Waals surface area contributed by atoms with Gasteiger partial charge >= 0.3 is 0 Å². The molecule has 2 aliphatic rings. The highest BCUT2D eigenvalue weighted by Crippen LogP contribution is 2.46. The topological polar surface area (TPSA) is 20.3 Å². The average Bonchev–Trinajstić information content (AvgIpc) is 2.57. The summed E-state index contributed by atoms with van der Waals surface area (Å²) in [7, 11) is 1.85. The molecule has 2 atom stereocenters. The van der Waals surface area contributed by atoms with E-state index in [1.165, 1.54) is 0 Å². The van der Waals surface area contributed by atoms with E-state index in [1.54, 1.807) is 6.07 Å². The van der Waals surface area contributed by atoms with E-state index in [0.29, 0.717) is 24.1 Å². The smallest absolute Gasteiger partial charge is 0.222 e. The van der Waals surface area contributed by atoms with Crippen LogP contribution in [-0.4, -0.2) is 23.9 Å². The Morgan fingerprint density at radius 2 is 1.77 bits per heavy atom. The number of likely N-dealkylation sites (tertiary alicyclic amines) is 1. The van der Waals surface area contributed by atoms with Gasteiger partial charge in [0.15, 0.2) is 0 Å². The first-order valence-corrected chi connectivity index (χ1v) is 8.85. The molecule has 4 rings (SSSR count). The summed E-state index contributed by atoms with van der Waals surface area (Å²) >= 11 is 0. The second kappa shape index (κ2) is 5.86. The molecule has 1 aliphatic carbocycles. The van der Waals surface area contributed by atoms with Crippen molar-refractivity contribution in [3.8, 4) is 11.1 Å². The van der Waals surface area contributed by atoms with E-state index in [2.05, 4.69) is 6.92 Å². The quantitative estimate of drug-likeness (QED) is 0.729. The maximum atomic E-state index is 14.1. The van der Waals surface area contributed by atoms with Gasteiger partial charge in [0.1, 0.15) is 17.5 Å². The molecule has 1 aliphatic heterocycles. The van der Waals surface area contributed by atoms with Crippen LogP contribution in [0.25, 0.3) is 11.1 Å². The summed E-state index contributed by atoms with van der Waals surface area (Å²) in [4.78, 5) is 13.9. The van der Waals surface area contributed by atoms with Gasteiger partial charge in [-0.05, 0) is 36.0 Å². The fraction of sp³-hybridized carbons (Fsp3) is 0.381. The standard InChI is InChI=1S/C21H20F3NO/c1-21-8-7-19(26)25(2)18(21)6-4-12-9-13(3-5-15(12)21)20-16(23)10-14(22)11-17(20)24/h3,5,9-11,18H,4,6-8H2,1-2H3/t18-,21-/m1/s1. The fourth-order valence-corrected chi connectivity index (χ4v) is 4.76. The van der Waals surface area contributed by atoms with E-state index >= 15 is 0 Å². The Kier molecular flexibility index (Phi) is 3.86. The minimum absolute atomic E-state index is 0.140. The molecule has 0 radical (unpaired) electrons. The molecule has 1 fully saturated rings. The lowest BCUT2D eigenvalue weighted by atomic mass is 9.63. The van der Waals surface area contributed by atoms with Crippen molar-refractivity contribution in [1.29, 1.82) is 0 Å². The van der Waals surface area contributed by atoms with Gasteiger partial charge in [-0.15, -0.1) is 0 Å². The van der Waals surface area contributed by atoms with Crippen molar-refractivity contribution in [2.75, 3.05) is 7.05 Å². The van der Waals surface area contributed by atoms with Crippen molar-refractivity contribution >= 4 is 5.91 Å². The van der Waals surface area contributed by atoms with Crippen LogP contribution in [0.15, 0.2) is 30.3 Å². The molecular weight excluding hydrogens is 339 g/mol. The minimum atomic E-state index is -0.924. The van der Waals surface area contributed by atoms with Crippen LogP contribution in [-0.2, 0) is 16.6 Å². The van der Waals surface area contributed by atoms with Gasteiger partial charge in [0.2, 0.25) is 5.91 Å². The fourth-order valence-electron chi connectivity index (χ4n) is 4.76. The maximum Gasteiger partial charge on any atom is 0.222 e. The van der Waals surface area contributed by atoms with Crippen LogP contribution in [0, 0.1) is 17.5 Å². The van der Waals surface area contributed by atoms with Crippen LogP contribution >= 0.6 is 0 Å². The lowest BCUT2D eigenvalue weighted by molar-refractivity contribution is -0.138. The van der Waals surface area contributed by atoms with Gasteiger partial charge in [0, 0.05) is 37.1 Å². The summed E-state index contributed by atoms with van der Waals surface area (Å²) in [5.41, 5.74) is 2.25. The van der Waals surface area contributed by atoms with E-state index in [1.807, 2.05) is 24.1 Å². The number of piperidine rings is 1. The van der Waals surface area contributed by atoms with Crippen LogP contribution in [0.5, 0.6) is 0 Å². The molecule has 2 aromatic rings. The number of benzene rings is 2. The first-order valence-electron chi connectivity index (χ1n) is 8.85. The molecule has 1 saturated heterocycles. The van der Waals surface area contributed by atoms with Crippen molar-refractivity contribution in [2.45, 2.75) is 44.1 Å². The summed E-state index contributed by atoms with van der Waals surface area (Å²) in [5, 5.41) is 0. The molecule has 136 valence electrons. The number of halogens is 3. The summed E-state index contributed by atoms with van der Waals surface area (Å²) < 4.78 is 41.5. The molecule has 1 amide bonds. The second-order valence-corrected chi connectivity index (χ2v) is 7.59. The SMILES string of the molecule is CN1C(=O)CC[C@]2(C)c3ccc(-c4c(F)cc(F)cc4F)cc3CC[C@@H]12. The lowest BCUT2D eigenvalue weighted by Gasteiger charge is -2.50. The molecule has 0 N–H and O–H groups in total. The van der Waals surface area contributed by atoms with E-state index in [9.17, 15) is 18.0 Å². The molecule has 2 nitrogen and oxygen atoms in total. The number of likely N-dealkylation sites (N-methyl/N-ethyl adjacent to an activating group) is 1. The van der Waals surface area contributed by atoms with Gasteiger partial charge in [-0.2, -0.15) is 0 Å². The van der Waals surface area contributed by atoms with Crippen molar-refractivity contribution < 1.29 is 18.0 Å². The number of carbonyl (C=O) groups excluding carboxylic acids is 1. The Hall–Kier alpha value is -2.30. The van der Waals surface area contributed by atoms with E-state index < -0.39 is 17.5 Å². The van der Waals surface area contributed by atoms with Gasteiger partial charge in [0.05, 0.1) is 5.56 Å². The summed E-state index contributed by atoms with van der Waals surface area (Å²) in [6.07, 6.45) is 2.84.